The summed E-state index contributed by atoms with van der Waals surface area (Å²) >= 11 is 0. The van der Waals surface area contributed by atoms with Crippen molar-refractivity contribution >= 4 is 22.1 Å². The van der Waals surface area contributed by atoms with Crippen LogP contribution < -0.4 is 4.72 Å². The average Bonchev–Trinajstić information content (AvgIpc) is 2.69. The summed E-state index contributed by atoms with van der Waals surface area (Å²) in [6.07, 6.45) is 6.11. The SMILES string of the molecule is O=C(O)CCC/C=C/CC1CCCCC1NS(=O)(=O)/C=C/c1cccc(C(F)(F)F)c1. The van der Waals surface area contributed by atoms with Crippen LogP contribution in [0, 0.1) is 5.92 Å². The van der Waals surface area contributed by atoms with Crippen LogP contribution in [0.3, 0.4) is 0 Å². The number of rotatable bonds is 10. The summed E-state index contributed by atoms with van der Waals surface area (Å²) in [5.74, 6) is -0.699. The van der Waals surface area contributed by atoms with Gasteiger partial charge in [-0.15, -0.1) is 0 Å². The number of nitrogens with one attached hydrogen (secondary N) is 1. The molecule has 0 spiro atoms. The third kappa shape index (κ3) is 9.26. The number of hydrogen-bond donors (Lipinski definition) is 2. The molecule has 0 aromatic heterocycles. The van der Waals surface area contributed by atoms with Crippen LogP contribution in [0.5, 0.6) is 0 Å². The summed E-state index contributed by atoms with van der Waals surface area (Å²) in [6.45, 7) is 0. The summed E-state index contributed by atoms with van der Waals surface area (Å²) in [6, 6.07) is 4.26. The molecule has 0 saturated heterocycles. The van der Waals surface area contributed by atoms with Crippen molar-refractivity contribution in [1.29, 1.82) is 0 Å². The van der Waals surface area contributed by atoms with Crippen LogP contribution in [0.2, 0.25) is 0 Å². The zero-order valence-corrected chi connectivity index (χ0v) is 18.0. The summed E-state index contributed by atoms with van der Waals surface area (Å²) < 4.78 is 66.1. The lowest BCUT2D eigenvalue weighted by Crippen LogP contribution is -2.41. The molecule has 31 heavy (non-hydrogen) atoms. The first-order valence-electron chi connectivity index (χ1n) is 10.3. The van der Waals surface area contributed by atoms with Gasteiger partial charge in [0.2, 0.25) is 10.0 Å². The van der Waals surface area contributed by atoms with Gasteiger partial charge in [0.15, 0.2) is 0 Å². The molecule has 0 amide bonds. The highest BCUT2D eigenvalue weighted by Crippen LogP contribution is 2.30. The van der Waals surface area contributed by atoms with Crippen LogP contribution in [0.1, 0.15) is 62.5 Å². The predicted molar refractivity (Wildman–Crippen MR) is 114 cm³/mol. The van der Waals surface area contributed by atoms with E-state index in [1.807, 2.05) is 12.2 Å². The maximum Gasteiger partial charge on any atom is 0.416 e. The fourth-order valence-corrected chi connectivity index (χ4v) is 4.79. The van der Waals surface area contributed by atoms with Crippen molar-refractivity contribution in [2.24, 2.45) is 5.92 Å². The number of hydrogen-bond acceptors (Lipinski definition) is 3. The number of sulfonamides is 1. The minimum absolute atomic E-state index is 0.119. The van der Waals surface area contributed by atoms with E-state index in [4.69, 9.17) is 5.11 Å². The Morgan fingerprint density at radius 1 is 1.19 bits per heavy atom. The quantitative estimate of drug-likeness (QED) is 0.365. The van der Waals surface area contributed by atoms with Gasteiger partial charge in [-0.25, -0.2) is 13.1 Å². The minimum Gasteiger partial charge on any atom is -0.481 e. The number of benzene rings is 1. The van der Waals surface area contributed by atoms with Crippen LogP contribution in [0.15, 0.2) is 41.8 Å². The molecule has 1 aromatic rings. The molecule has 0 bridgehead atoms. The molecule has 2 rings (SSSR count). The van der Waals surface area contributed by atoms with Crippen LogP contribution in [0.25, 0.3) is 6.08 Å². The van der Waals surface area contributed by atoms with Gasteiger partial charge in [0, 0.05) is 17.9 Å². The van der Waals surface area contributed by atoms with E-state index in [-0.39, 0.29) is 23.9 Å². The van der Waals surface area contributed by atoms with E-state index in [2.05, 4.69) is 4.72 Å². The third-order valence-corrected chi connectivity index (χ3v) is 6.37. The first kappa shape index (κ1) is 25.1. The van der Waals surface area contributed by atoms with Crippen molar-refractivity contribution in [1.82, 2.24) is 4.72 Å². The van der Waals surface area contributed by atoms with Gasteiger partial charge in [0.25, 0.3) is 0 Å². The van der Waals surface area contributed by atoms with Crippen molar-refractivity contribution in [2.75, 3.05) is 0 Å². The molecule has 1 aliphatic carbocycles. The zero-order chi connectivity index (χ0) is 22.9. The van der Waals surface area contributed by atoms with Crippen LogP contribution in [-0.2, 0) is 21.0 Å². The van der Waals surface area contributed by atoms with Crippen molar-refractivity contribution in [2.45, 2.75) is 63.6 Å². The topological polar surface area (TPSA) is 83.5 Å². The monoisotopic (exact) mass is 459 g/mol. The van der Waals surface area contributed by atoms with Gasteiger partial charge in [-0.05, 0) is 61.8 Å². The average molecular weight is 460 g/mol. The number of unbranched alkanes of at least 4 members (excludes halogenated alkanes) is 1. The second-order valence-corrected chi connectivity index (χ2v) is 9.33. The lowest BCUT2D eigenvalue weighted by molar-refractivity contribution is -0.138. The lowest BCUT2D eigenvalue weighted by Gasteiger charge is -2.31. The standard InChI is InChI=1S/C22H28F3NO4S/c23-22(24,25)19-11-7-8-17(16-19)14-15-31(29,30)26-20-12-6-5-10-18(20)9-3-1-2-4-13-21(27)28/h1,3,7-8,11,14-16,18,20,26H,2,4-6,9-10,12-13H2,(H,27,28)/b3-1+,15-14+. The Bertz CT molecular complexity index is 894. The zero-order valence-electron chi connectivity index (χ0n) is 17.1. The Balaban J connectivity index is 1.96. The second kappa shape index (κ2) is 11.5. The Hall–Kier alpha value is -2.13. The molecule has 172 valence electrons. The summed E-state index contributed by atoms with van der Waals surface area (Å²) in [5, 5.41) is 9.55. The fraction of sp³-hybridized carbons (Fsp3) is 0.500. The number of carboxylic acid groups (broad SMARTS) is 1. The summed E-state index contributed by atoms with van der Waals surface area (Å²) in [7, 11) is -3.81. The van der Waals surface area contributed by atoms with Crippen molar-refractivity contribution in [3.8, 4) is 0 Å². The van der Waals surface area contributed by atoms with Gasteiger partial charge in [0.1, 0.15) is 0 Å². The van der Waals surface area contributed by atoms with E-state index >= 15 is 0 Å². The molecule has 2 N–H and O–H groups in total. The smallest absolute Gasteiger partial charge is 0.416 e. The highest BCUT2D eigenvalue weighted by atomic mass is 32.2. The van der Waals surface area contributed by atoms with E-state index in [0.29, 0.717) is 25.7 Å². The molecular formula is C22H28F3NO4S. The number of carbonyl (C=O) groups is 1. The maximum atomic E-state index is 12.8. The van der Waals surface area contributed by atoms with Gasteiger partial charge in [-0.3, -0.25) is 4.79 Å². The molecule has 1 aromatic carbocycles. The maximum absolute atomic E-state index is 12.8. The summed E-state index contributed by atoms with van der Waals surface area (Å²) in [5.41, 5.74) is -0.674. The number of halogens is 3. The van der Waals surface area contributed by atoms with Gasteiger partial charge in [-0.1, -0.05) is 37.1 Å². The Labute approximate surface area is 181 Å². The van der Waals surface area contributed by atoms with E-state index in [1.54, 1.807) is 0 Å². The lowest BCUT2D eigenvalue weighted by atomic mass is 9.83. The van der Waals surface area contributed by atoms with Gasteiger partial charge in [-0.2, -0.15) is 13.2 Å². The molecule has 0 radical (unpaired) electrons. The Kier molecular flexibility index (Phi) is 9.31. The molecule has 0 aliphatic heterocycles. The minimum atomic E-state index is -4.49. The van der Waals surface area contributed by atoms with Gasteiger partial charge < -0.3 is 5.11 Å². The van der Waals surface area contributed by atoms with Crippen molar-refractivity contribution in [3.05, 3.63) is 53.0 Å². The molecular weight excluding hydrogens is 431 g/mol. The molecule has 9 heteroatoms. The Morgan fingerprint density at radius 2 is 1.94 bits per heavy atom. The highest BCUT2D eigenvalue weighted by Gasteiger charge is 2.30. The van der Waals surface area contributed by atoms with E-state index < -0.39 is 27.7 Å². The number of carboxylic acids is 1. The Morgan fingerprint density at radius 3 is 2.65 bits per heavy atom. The van der Waals surface area contributed by atoms with E-state index in [1.165, 1.54) is 12.1 Å². The fourth-order valence-electron chi connectivity index (χ4n) is 3.64. The largest absolute Gasteiger partial charge is 0.481 e. The van der Waals surface area contributed by atoms with E-state index in [0.717, 1.165) is 42.9 Å². The normalized spacial score (nSPS) is 20.5. The molecule has 1 fully saturated rings. The van der Waals surface area contributed by atoms with Gasteiger partial charge >= 0.3 is 12.1 Å². The molecule has 5 nitrogen and oxygen atoms in total. The third-order valence-electron chi connectivity index (χ3n) is 5.25. The first-order chi connectivity index (χ1) is 14.6. The molecule has 0 heterocycles. The molecule has 1 saturated carbocycles. The van der Waals surface area contributed by atoms with Crippen LogP contribution >= 0.6 is 0 Å². The summed E-state index contributed by atoms with van der Waals surface area (Å²) in [4.78, 5) is 10.5. The van der Waals surface area contributed by atoms with Gasteiger partial charge in [0.05, 0.1) is 5.56 Å². The first-order valence-corrected chi connectivity index (χ1v) is 11.9. The second-order valence-electron chi connectivity index (χ2n) is 7.73. The number of allylic oxidation sites excluding steroid dienone is 2. The molecule has 2 atom stereocenters. The van der Waals surface area contributed by atoms with Crippen LogP contribution in [-0.4, -0.2) is 25.5 Å². The van der Waals surface area contributed by atoms with Crippen LogP contribution in [0.4, 0.5) is 13.2 Å². The number of aliphatic carboxylic acids is 1. The predicted octanol–water partition coefficient (Wildman–Crippen LogP) is 5.36. The van der Waals surface area contributed by atoms with Crippen molar-refractivity contribution < 1.29 is 31.5 Å². The molecule has 2 unspecified atom stereocenters. The van der Waals surface area contributed by atoms with E-state index in [9.17, 15) is 26.4 Å². The van der Waals surface area contributed by atoms with Crippen molar-refractivity contribution in [3.63, 3.8) is 0 Å². The number of alkyl halides is 3. The molecule has 1 aliphatic rings. The highest BCUT2D eigenvalue weighted by molar-refractivity contribution is 7.92.